The minimum atomic E-state index is -3.55. The lowest BCUT2D eigenvalue weighted by atomic mass is 10.2. The molecule has 1 aromatic heterocycles. The van der Waals surface area contributed by atoms with Crippen molar-refractivity contribution in [3.8, 4) is 0 Å². The van der Waals surface area contributed by atoms with Gasteiger partial charge in [0.25, 0.3) is 5.91 Å². The molecule has 1 aliphatic heterocycles. The molecule has 0 atom stereocenters. The average Bonchev–Trinajstić information content (AvgIpc) is 3.36. The Balaban J connectivity index is 1.51. The van der Waals surface area contributed by atoms with Crippen molar-refractivity contribution < 1.29 is 13.2 Å². The van der Waals surface area contributed by atoms with Crippen LogP contribution in [0.2, 0.25) is 0 Å². The molecule has 0 saturated carbocycles. The van der Waals surface area contributed by atoms with Gasteiger partial charge in [-0.05, 0) is 43.2 Å². The van der Waals surface area contributed by atoms with E-state index in [9.17, 15) is 13.2 Å². The highest BCUT2D eigenvalue weighted by atomic mass is 32.2. The standard InChI is InChI=1S/C20H22N4O3S/c1-23-18-10-3-2-9-17(18)22-19(23)14-21-20(25)15-7-6-8-16(13-15)28(26,27)24-11-4-5-12-24/h2-3,6-10,13H,4-5,11-12,14H2,1H3,(H,21,25). The minimum Gasteiger partial charge on any atom is -0.345 e. The number of para-hydroxylation sites is 2. The molecule has 146 valence electrons. The van der Waals surface area contributed by atoms with E-state index in [1.807, 2.05) is 35.9 Å². The second kappa shape index (κ2) is 7.37. The molecule has 7 nitrogen and oxygen atoms in total. The lowest BCUT2D eigenvalue weighted by Gasteiger charge is -2.16. The van der Waals surface area contributed by atoms with E-state index in [-0.39, 0.29) is 17.3 Å². The Kier molecular flexibility index (Phi) is 4.91. The number of sulfonamides is 1. The highest BCUT2D eigenvalue weighted by molar-refractivity contribution is 7.89. The number of rotatable bonds is 5. The smallest absolute Gasteiger partial charge is 0.251 e. The Labute approximate surface area is 164 Å². The van der Waals surface area contributed by atoms with E-state index in [1.54, 1.807) is 12.1 Å². The largest absolute Gasteiger partial charge is 0.345 e. The van der Waals surface area contributed by atoms with Crippen LogP contribution in [0.5, 0.6) is 0 Å². The fourth-order valence-corrected chi connectivity index (χ4v) is 5.05. The lowest BCUT2D eigenvalue weighted by molar-refractivity contribution is 0.0949. The van der Waals surface area contributed by atoms with E-state index in [2.05, 4.69) is 10.3 Å². The number of benzene rings is 2. The number of hydrogen-bond acceptors (Lipinski definition) is 4. The zero-order valence-corrected chi connectivity index (χ0v) is 16.4. The summed E-state index contributed by atoms with van der Waals surface area (Å²) in [7, 11) is -1.65. The van der Waals surface area contributed by atoms with E-state index >= 15 is 0 Å². The van der Waals surface area contributed by atoms with Gasteiger partial charge in [0.1, 0.15) is 5.82 Å². The first-order valence-electron chi connectivity index (χ1n) is 9.25. The van der Waals surface area contributed by atoms with E-state index in [1.165, 1.54) is 16.4 Å². The van der Waals surface area contributed by atoms with Crippen LogP contribution in [0.1, 0.15) is 29.0 Å². The summed E-state index contributed by atoms with van der Waals surface area (Å²) in [5.41, 5.74) is 2.18. The van der Waals surface area contributed by atoms with Gasteiger partial charge in [0.05, 0.1) is 22.5 Å². The van der Waals surface area contributed by atoms with Gasteiger partial charge in [-0.15, -0.1) is 0 Å². The van der Waals surface area contributed by atoms with Gasteiger partial charge in [-0.1, -0.05) is 18.2 Å². The first-order chi connectivity index (χ1) is 13.5. The predicted molar refractivity (Wildman–Crippen MR) is 106 cm³/mol. The number of hydrogen-bond donors (Lipinski definition) is 1. The Bertz CT molecular complexity index is 1130. The highest BCUT2D eigenvalue weighted by Gasteiger charge is 2.27. The van der Waals surface area contributed by atoms with Crippen molar-refractivity contribution in [3.05, 3.63) is 59.9 Å². The van der Waals surface area contributed by atoms with Crippen LogP contribution in [-0.4, -0.2) is 41.3 Å². The van der Waals surface area contributed by atoms with Crippen LogP contribution >= 0.6 is 0 Å². The quantitative estimate of drug-likeness (QED) is 0.715. The highest BCUT2D eigenvalue weighted by Crippen LogP contribution is 2.21. The second-order valence-electron chi connectivity index (χ2n) is 6.90. The van der Waals surface area contributed by atoms with Crippen LogP contribution in [-0.2, 0) is 23.6 Å². The maximum Gasteiger partial charge on any atom is 0.251 e. The second-order valence-corrected chi connectivity index (χ2v) is 8.84. The number of aryl methyl sites for hydroxylation is 1. The molecule has 3 aromatic rings. The summed E-state index contributed by atoms with van der Waals surface area (Å²) in [6.45, 7) is 1.32. The molecular weight excluding hydrogens is 376 g/mol. The summed E-state index contributed by atoms with van der Waals surface area (Å²) < 4.78 is 28.8. The summed E-state index contributed by atoms with van der Waals surface area (Å²) in [6, 6.07) is 14.0. The van der Waals surface area contributed by atoms with Crippen LogP contribution in [0.25, 0.3) is 11.0 Å². The zero-order chi connectivity index (χ0) is 19.7. The van der Waals surface area contributed by atoms with E-state index in [0.29, 0.717) is 18.7 Å². The number of nitrogens with one attached hydrogen (secondary N) is 1. The SMILES string of the molecule is Cn1c(CNC(=O)c2cccc(S(=O)(=O)N3CCCC3)c2)nc2ccccc21. The maximum absolute atomic E-state index is 12.7. The normalized spacial score (nSPS) is 15.2. The van der Waals surface area contributed by atoms with Gasteiger partial charge in [-0.2, -0.15) is 4.31 Å². The number of carbonyl (C=O) groups is 1. The van der Waals surface area contributed by atoms with Crippen molar-refractivity contribution in [1.29, 1.82) is 0 Å². The summed E-state index contributed by atoms with van der Waals surface area (Å²) in [6.07, 6.45) is 1.74. The average molecular weight is 398 g/mol. The van der Waals surface area contributed by atoms with Crippen LogP contribution in [0.4, 0.5) is 0 Å². The molecule has 1 fully saturated rings. The van der Waals surface area contributed by atoms with Crippen molar-refractivity contribution >= 4 is 27.0 Å². The van der Waals surface area contributed by atoms with Gasteiger partial charge >= 0.3 is 0 Å². The zero-order valence-electron chi connectivity index (χ0n) is 15.6. The lowest BCUT2D eigenvalue weighted by Crippen LogP contribution is -2.28. The minimum absolute atomic E-state index is 0.157. The molecule has 1 amide bonds. The molecule has 1 aliphatic rings. The molecule has 4 rings (SSSR count). The molecule has 1 N–H and O–H groups in total. The molecule has 1 saturated heterocycles. The van der Waals surface area contributed by atoms with E-state index in [4.69, 9.17) is 0 Å². The maximum atomic E-state index is 12.7. The van der Waals surface area contributed by atoms with Crippen LogP contribution in [0, 0.1) is 0 Å². The summed E-state index contributed by atoms with van der Waals surface area (Å²) in [5, 5.41) is 2.83. The first-order valence-corrected chi connectivity index (χ1v) is 10.7. The van der Waals surface area contributed by atoms with Gasteiger partial charge < -0.3 is 9.88 Å². The predicted octanol–water partition coefficient (Wildman–Crippen LogP) is 2.29. The van der Waals surface area contributed by atoms with Gasteiger partial charge in [-0.25, -0.2) is 13.4 Å². The fourth-order valence-electron chi connectivity index (χ4n) is 3.49. The summed E-state index contributed by atoms with van der Waals surface area (Å²) in [5.74, 6) is 0.404. The molecule has 2 heterocycles. The van der Waals surface area contributed by atoms with Crippen molar-refractivity contribution in [2.45, 2.75) is 24.3 Å². The molecule has 0 bridgehead atoms. The third kappa shape index (κ3) is 3.41. The topological polar surface area (TPSA) is 84.3 Å². The summed E-state index contributed by atoms with van der Waals surface area (Å²) in [4.78, 5) is 17.3. The Hall–Kier alpha value is -2.71. The van der Waals surface area contributed by atoms with Crippen molar-refractivity contribution in [2.24, 2.45) is 7.05 Å². The fraction of sp³-hybridized carbons (Fsp3) is 0.300. The van der Waals surface area contributed by atoms with Gasteiger partial charge in [0.15, 0.2) is 0 Å². The van der Waals surface area contributed by atoms with Crippen molar-refractivity contribution in [2.75, 3.05) is 13.1 Å². The molecule has 8 heteroatoms. The summed E-state index contributed by atoms with van der Waals surface area (Å²) >= 11 is 0. The third-order valence-electron chi connectivity index (χ3n) is 5.09. The monoisotopic (exact) mass is 398 g/mol. The van der Waals surface area contributed by atoms with Crippen LogP contribution in [0.15, 0.2) is 53.4 Å². The molecule has 0 aliphatic carbocycles. The third-order valence-corrected chi connectivity index (χ3v) is 6.98. The van der Waals surface area contributed by atoms with Crippen molar-refractivity contribution in [3.63, 3.8) is 0 Å². The van der Waals surface area contributed by atoms with Gasteiger partial charge in [-0.3, -0.25) is 4.79 Å². The number of carbonyl (C=O) groups excluding carboxylic acids is 1. The number of fused-ring (bicyclic) bond motifs is 1. The van der Waals surface area contributed by atoms with Gasteiger partial charge in [0.2, 0.25) is 10.0 Å². The first kappa shape index (κ1) is 18.6. The Morgan fingerprint density at radius 2 is 1.86 bits per heavy atom. The Morgan fingerprint density at radius 1 is 1.11 bits per heavy atom. The molecule has 0 spiro atoms. The van der Waals surface area contributed by atoms with E-state index < -0.39 is 10.0 Å². The molecule has 2 aromatic carbocycles. The number of nitrogens with zero attached hydrogens (tertiary/aromatic N) is 3. The Morgan fingerprint density at radius 3 is 2.61 bits per heavy atom. The van der Waals surface area contributed by atoms with Crippen molar-refractivity contribution in [1.82, 2.24) is 19.2 Å². The molecule has 0 radical (unpaired) electrons. The molecule has 0 unspecified atom stereocenters. The molecular formula is C20H22N4O3S. The van der Waals surface area contributed by atoms with Crippen LogP contribution in [0.3, 0.4) is 0 Å². The van der Waals surface area contributed by atoms with Crippen LogP contribution < -0.4 is 5.32 Å². The number of imidazole rings is 1. The number of amides is 1. The molecule has 28 heavy (non-hydrogen) atoms. The van der Waals surface area contributed by atoms with E-state index in [0.717, 1.165) is 29.7 Å². The number of aromatic nitrogens is 2. The van der Waals surface area contributed by atoms with Gasteiger partial charge in [0, 0.05) is 25.7 Å².